The van der Waals surface area contributed by atoms with Gasteiger partial charge < -0.3 is 19.8 Å². The molecule has 1 heterocycles. The minimum Gasteiger partial charge on any atom is -0.396 e. The zero-order valence-corrected chi connectivity index (χ0v) is 13.8. The highest BCUT2D eigenvalue weighted by atomic mass is 35.5. The lowest BCUT2D eigenvalue weighted by Crippen LogP contribution is -3.17. The van der Waals surface area contributed by atoms with Gasteiger partial charge in [0.1, 0.15) is 12.6 Å². The van der Waals surface area contributed by atoms with Crippen LogP contribution in [0.25, 0.3) is 0 Å². The molecule has 0 bridgehead atoms. The van der Waals surface area contributed by atoms with Crippen molar-refractivity contribution in [1.29, 1.82) is 0 Å². The van der Waals surface area contributed by atoms with Gasteiger partial charge in [0.05, 0.1) is 25.8 Å². The first-order valence-electron chi connectivity index (χ1n) is 8.14. The molecule has 22 heavy (non-hydrogen) atoms. The molecule has 1 aliphatic heterocycles. The predicted molar refractivity (Wildman–Crippen MR) is 87.2 cm³/mol. The third-order valence-electron chi connectivity index (χ3n) is 4.35. The lowest BCUT2D eigenvalue weighted by molar-refractivity contribution is -0.934. The summed E-state index contributed by atoms with van der Waals surface area (Å²) in [6.45, 7) is 2.85. The largest absolute Gasteiger partial charge is 0.396 e. The van der Waals surface area contributed by atoms with Crippen molar-refractivity contribution in [3.63, 3.8) is 0 Å². The minimum atomic E-state index is -0.457. The molecule has 124 valence electrons. The van der Waals surface area contributed by atoms with Gasteiger partial charge in [0.2, 0.25) is 0 Å². The molecule has 1 aromatic carbocycles. The fourth-order valence-electron chi connectivity index (χ4n) is 3.18. The number of aliphatic hydroxyl groups is 2. The summed E-state index contributed by atoms with van der Waals surface area (Å²) in [7, 11) is 0. The molecular weight excluding hydrogens is 302 g/mol. The quantitative estimate of drug-likeness (QED) is 0.668. The van der Waals surface area contributed by atoms with Crippen LogP contribution in [0.5, 0.6) is 0 Å². The Labute approximate surface area is 137 Å². The smallest absolute Gasteiger partial charge is 0.126 e. The van der Waals surface area contributed by atoms with E-state index in [1.807, 2.05) is 24.3 Å². The van der Waals surface area contributed by atoms with E-state index in [2.05, 4.69) is 0 Å². The average molecular weight is 329 g/mol. The van der Waals surface area contributed by atoms with Crippen LogP contribution >= 0.6 is 11.6 Å². The molecule has 1 aromatic rings. The van der Waals surface area contributed by atoms with Crippen LogP contribution < -0.4 is 4.90 Å². The Kier molecular flexibility index (Phi) is 7.63. The Morgan fingerprint density at radius 3 is 2.77 bits per heavy atom. The maximum Gasteiger partial charge on any atom is 0.126 e. The predicted octanol–water partition coefficient (Wildman–Crippen LogP) is 1.04. The van der Waals surface area contributed by atoms with Gasteiger partial charge in [-0.1, -0.05) is 23.7 Å². The third kappa shape index (κ3) is 5.86. The van der Waals surface area contributed by atoms with E-state index in [9.17, 15) is 5.11 Å². The summed E-state index contributed by atoms with van der Waals surface area (Å²) in [5.41, 5.74) is 1.06. The number of ether oxygens (including phenoxy) is 1. The van der Waals surface area contributed by atoms with Crippen molar-refractivity contribution >= 4 is 11.6 Å². The van der Waals surface area contributed by atoms with Crippen LogP contribution in [0, 0.1) is 0 Å². The molecule has 3 N–H and O–H groups in total. The maximum atomic E-state index is 10.2. The highest BCUT2D eigenvalue weighted by molar-refractivity contribution is 6.30. The van der Waals surface area contributed by atoms with E-state index in [0.717, 1.165) is 24.9 Å². The second-order valence-electron chi connectivity index (χ2n) is 6.11. The molecule has 1 saturated heterocycles. The zero-order chi connectivity index (χ0) is 15.8. The lowest BCUT2D eigenvalue weighted by atomic mass is 9.99. The summed E-state index contributed by atoms with van der Waals surface area (Å²) in [5.74, 6) is 0. The van der Waals surface area contributed by atoms with Crippen LogP contribution in [0.1, 0.15) is 31.2 Å². The molecule has 3 atom stereocenters. The SMILES string of the molecule is OCC[C@H]1CCCC[NH+]1C[C@H](O)COCc1ccc(Cl)cc1. The average Bonchev–Trinajstić information content (AvgIpc) is 2.51. The van der Waals surface area contributed by atoms with E-state index in [1.165, 1.54) is 17.7 Å². The molecule has 1 unspecified atom stereocenters. The first kappa shape index (κ1) is 17.7. The fourth-order valence-corrected chi connectivity index (χ4v) is 3.31. The minimum absolute atomic E-state index is 0.233. The van der Waals surface area contributed by atoms with Crippen LogP contribution in [-0.4, -0.2) is 48.7 Å². The van der Waals surface area contributed by atoms with Gasteiger partial charge in [-0.05, 0) is 37.0 Å². The van der Waals surface area contributed by atoms with Gasteiger partial charge in [-0.25, -0.2) is 0 Å². The molecule has 2 rings (SSSR count). The van der Waals surface area contributed by atoms with Gasteiger partial charge in [-0.15, -0.1) is 0 Å². The molecule has 0 aliphatic carbocycles. The number of aliphatic hydroxyl groups excluding tert-OH is 2. The summed E-state index contributed by atoms with van der Waals surface area (Å²) in [4.78, 5) is 1.41. The zero-order valence-electron chi connectivity index (χ0n) is 13.0. The summed E-state index contributed by atoms with van der Waals surface area (Å²) < 4.78 is 5.60. The van der Waals surface area contributed by atoms with Crippen LogP contribution in [0.2, 0.25) is 5.02 Å². The Bertz CT molecular complexity index is 424. The van der Waals surface area contributed by atoms with Gasteiger partial charge in [0.25, 0.3) is 0 Å². The van der Waals surface area contributed by atoms with Crippen LogP contribution in [0.15, 0.2) is 24.3 Å². The van der Waals surface area contributed by atoms with Crippen molar-refractivity contribution in [2.24, 2.45) is 0 Å². The molecule has 0 aromatic heterocycles. The normalized spacial score (nSPS) is 23.4. The van der Waals surface area contributed by atoms with E-state index in [4.69, 9.17) is 21.4 Å². The summed E-state index contributed by atoms with van der Waals surface area (Å²) in [6, 6.07) is 8.02. The summed E-state index contributed by atoms with van der Waals surface area (Å²) >= 11 is 5.84. The van der Waals surface area contributed by atoms with Crippen molar-refractivity contribution in [1.82, 2.24) is 0 Å². The Morgan fingerprint density at radius 2 is 2.05 bits per heavy atom. The first-order valence-corrected chi connectivity index (χ1v) is 8.52. The molecule has 0 amide bonds. The molecule has 0 spiro atoms. The number of hydrogen-bond donors (Lipinski definition) is 3. The molecule has 1 aliphatic rings. The summed E-state index contributed by atoms with van der Waals surface area (Å²) in [6.07, 6.45) is 3.95. The van der Waals surface area contributed by atoms with Crippen molar-refractivity contribution in [3.05, 3.63) is 34.9 Å². The third-order valence-corrected chi connectivity index (χ3v) is 4.60. The number of piperidine rings is 1. The van der Waals surface area contributed by atoms with Gasteiger partial charge in [-0.3, -0.25) is 0 Å². The number of benzene rings is 1. The van der Waals surface area contributed by atoms with Crippen molar-refractivity contribution in [3.8, 4) is 0 Å². The van der Waals surface area contributed by atoms with Gasteiger partial charge in [0.15, 0.2) is 0 Å². The van der Waals surface area contributed by atoms with Crippen LogP contribution in [-0.2, 0) is 11.3 Å². The van der Waals surface area contributed by atoms with E-state index < -0.39 is 6.10 Å². The standard InChI is InChI=1S/C17H26ClNO3/c18-15-6-4-14(5-7-15)12-22-13-17(21)11-19-9-2-1-3-16(19)8-10-20/h4-7,16-17,20-21H,1-3,8-13H2/p+1/t16-,17+/m1/s1. The monoisotopic (exact) mass is 328 g/mol. The Hall–Kier alpha value is -0.650. The van der Waals surface area contributed by atoms with Crippen molar-refractivity contribution < 1.29 is 19.8 Å². The highest BCUT2D eigenvalue weighted by Gasteiger charge is 2.27. The van der Waals surface area contributed by atoms with E-state index in [-0.39, 0.29) is 6.61 Å². The Balaban J connectivity index is 1.70. The second kappa shape index (κ2) is 9.48. The second-order valence-corrected chi connectivity index (χ2v) is 6.55. The van der Waals surface area contributed by atoms with Crippen molar-refractivity contribution in [2.45, 2.75) is 44.4 Å². The van der Waals surface area contributed by atoms with Crippen LogP contribution in [0.3, 0.4) is 0 Å². The highest BCUT2D eigenvalue weighted by Crippen LogP contribution is 2.10. The topological polar surface area (TPSA) is 54.1 Å². The number of quaternary nitrogens is 1. The molecular formula is C17H27ClNO3+. The number of halogens is 1. The fraction of sp³-hybridized carbons (Fsp3) is 0.647. The molecule has 4 nitrogen and oxygen atoms in total. The van der Waals surface area contributed by atoms with Crippen molar-refractivity contribution in [2.75, 3.05) is 26.3 Å². The van der Waals surface area contributed by atoms with E-state index >= 15 is 0 Å². The summed E-state index contributed by atoms with van der Waals surface area (Å²) in [5, 5.41) is 20.0. The molecule has 0 saturated carbocycles. The molecule has 0 radical (unpaired) electrons. The lowest BCUT2D eigenvalue weighted by Gasteiger charge is -2.33. The van der Waals surface area contributed by atoms with Gasteiger partial charge in [0, 0.05) is 18.1 Å². The maximum absolute atomic E-state index is 10.2. The van der Waals surface area contributed by atoms with E-state index in [0.29, 0.717) is 30.8 Å². The van der Waals surface area contributed by atoms with Gasteiger partial charge >= 0.3 is 0 Å². The Morgan fingerprint density at radius 1 is 1.27 bits per heavy atom. The van der Waals surface area contributed by atoms with Crippen LogP contribution in [0.4, 0.5) is 0 Å². The number of likely N-dealkylation sites (tertiary alicyclic amines) is 1. The van der Waals surface area contributed by atoms with Gasteiger partial charge in [-0.2, -0.15) is 0 Å². The first-order chi connectivity index (χ1) is 10.7. The number of hydrogen-bond acceptors (Lipinski definition) is 3. The van der Waals surface area contributed by atoms with E-state index in [1.54, 1.807) is 0 Å². The number of rotatable bonds is 8. The number of nitrogens with one attached hydrogen (secondary N) is 1. The molecule has 5 heteroatoms. The molecule has 1 fully saturated rings.